The van der Waals surface area contributed by atoms with E-state index in [4.69, 9.17) is 11.5 Å². The number of rotatable bonds is 11. The highest BCUT2D eigenvalue weighted by atomic mass is 16.2. The maximum Gasteiger partial charge on any atom is 0.240 e. The molecule has 0 fully saturated rings. The number of nitrogens with zero attached hydrogens (tertiary/aromatic N) is 1. The van der Waals surface area contributed by atoms with E-state index in [1.165, 1.54) is 0 Å². The van der Waals surface area contributed by atoms with Crippen molar-refractivity contribution >= 4 is 23.6 Å². The lowest BCUT2D eigenvalue weighted by atomic mass is 10.0. The predicted octanol–water partition coefficient (Wildman–Crippen LogP) is 1.50. The van der Waals surface area contributed by atoms with Crippen LogP contribution in [0.25, 0.3) is 0 Å². The molecule has 1 aromatic carbocycles. The predicted molar refractivity (Wildman–Crippen MR) is 135 cm³/mol. The normalized spacial score (nSPS) is 12.2. The van der Waals surface area contributed by atoms with Crippen LogP contribution >= 0.6 is 0 Å². The summed E-state index contributed by atoms with van der Waals surface area (Å²) >= 11 is 0. The second-order valence-electron chi connectivity index (χ2n) is 9.00. The molecule has 0 saturated heterocycles. The Kier molecular flexibility index (Phi) is 12.7. The Balaban J connectivity index is 0.000000351. The first-order valence-corrected chi connectivity index (χ1v) is 11.6. The van der Waals surface area contributed by atoms with Crippen LogP contribution in [0.2, 0.25) is 0 Å². The number of carbonyl (C=O) groups excluding carboxylic acids is 4. The van der Waals surface area contributed by atoms with Crippen molar-refractivity contribution in [3.63, 3.8) is 0 Å². The molecule has 0 saturated carbocycles. The molecule has 9 nitrogen and oxygen atoms in total. The Morgan fingerprint density at radius 2 is 1.40 bits per heavy atom. The quantitative estimate of drug-likeness (QED) is 0.381. The first-order valence-electron chi connectivity index (χ1n) is 11.6. The zero-order chi connectivity index (χ0) is 26.4. The van der Waals surface area contributed by atoms with Crippen LogP contribution in [0, 0.1) is 11.8 Å². The van der Waals surface area contributed by atoms with Gasteiger partial charge in [0.25, 0.3) is 0 Å². The van der Waals surface area contributed by atoms with Crippen LogP contribution in [-0.4, -0.2) is 40.7 Å². The Labute approximate surface area is 207 Å². The van der Waals surface area contributed by atoms with Gasteiger partial charge >= 0.3 is 0 Å². The van der Waals surface area contributed by atoms with Crippen molar-refractivity contribution in [2.24, 2.45) is 23.3 Å². The minimum absolute atomic E-state index is 0.0276. The lowest BCUT2D eigenvalue weighted by molar-refractivity contribution is -0.128. The topological polar surface area (TPSA) is 157 Å². The smallest absolute Gasteiger partial charge is 0.240 e. The molecule has 0 aliphatic carbocycles. The van der Waals surface area contributed by atoms with Gasteiger partial charge in [-0.25, -0.2) is 0 Å². The monoisotopic (exact) mass is 483 g/mol. The third-order valence-electron chi connectivity index (χ3n) is 4.95. The molecule has 9 heteroatoms. The Hall–Kier alpha value is -3.75. The van der Waals surface area contributed by atoms with E-state index in [9.17, 15) is 19.2 Å². The Bertz CT molecular complexity index is 949. The van der Waals surface area contributed by atoms with Crippen LogP contribution in [0.5, 0.6) is 0 Å². The van der Waals surface area contributed by atoms with Crippen molar-refractivity contribution in [2.75, 3.05) is 0 Å². The maximum atomic E-state index is 11.8. The largest absolute Gasteiger partial charge is 0.368 e. The SMILES string of the molecule is CC(C)C(NC(=O)Cc1ccccn1)C(N)=O.CC(C)CC(NC(=O)Cc1ccccc1)C(N)=O. The van der Waals surface area contributed by atoms with Gasteiger partial charge in [0, 0.05) is 11.9 Å². The number of hydrogen-bond acceptors (Lipinski definition) is 5. The summed E-state index contributed by atoms with van der Waals surface area (Å²) in [6, 6.07) is 13.5. The van der Waals surface area contributed by atoms with Crippen molar-refractivity contribution < 1.29 is 19.2 Å². The van der Waals surface area contributed by atoms with E-state index in [1.54, 1.807) is 18.3 Å². The minimum Gasteiger partial charge on any atom is -0.368 e. The number of carbonyl (C=O) groups is 4. The van der Waals surface area contributed by atoms with E-state index in [0.29, 0.717) is 18.0 Å². The lowest BCUT2D eigenvalue weighted by Gasteiger charge is -2.18. The molecule has 2 rings (SSSR count). The number of nitrogens with two attached hydrogens (primary N) is 2. The molecule has 0 bridgehead atoms. The van der Waals surface area contributed by atoms with E-state index < -0.39 is 23.9 Å². The molecule has 4 amide bonds. The highest BCUT2D eigenvalue weighted by Gasteiger charge is 2.21. The standard InChI is InChI=1S/C14H20N2O2.C12H17N3O2/c1-10(2)8-12(14(15)18)16-13(17)9-11-6-4-3-5-7-11;1-8(2)11(12(13)17)15-10(16)7-9-5-3-4-6-14-9/h3-7,10,12H,8-9H2,1-2H3,(H2,15,18)(H,16,17);3-6,8,11H,7H2,1-2H3,(H2,13,17)(H,15,16). The third kappa shape index (κ3) is 12.3. The number of pyridine rings is 1. The molecule has 2 atom stereocenters. The second kappa shape index (κ2) is 15.2. The zero-order valence-corrected chi connectivity index (χ0v) is 20.9. The summed E-state index contributed by atoms with van der Waals surface area (Å²) in [4.78, 5) is 49.9. The molecule has 6 N–H and O–H groups in total. The van der Waals surface area contributed by atoms with Gasteiger partial charge in [-0.3, -0.25) is 24.2 Å². The zero-order valence-electron chi connectivity index (χ0n) is 20.9. The maximum absolute atomic E-state index is 11.8. The van der Waals surface area contributed by atoms with Gasteiger partial charge in [0.05, 0.1) is 12.8 Å². The van der Waals surface area contributed by atoms with Gasteiger partial charge in [-0.05, 0) is 36.0 Å². The summed E-state index contributed by atoms with van der Waals surface area (Å²) in [6.45, 7) is 7.63. The molecular weight excluding hydrogens is 446 g/mol. The molecule has 190 valence electrons. The Morgan fingerprint density at radius 3 is 1.89 bits per heavy atom. The fraction of sp³-hybridized carbons (Fsp3) is 0.423. The number of aromatic nitrogens is 1. The fourth-order valence-corrected chi connectivity index (χ4v) is 3.20. The molecule has 35 heavy (non-hydrogen) atoms. The highest BCUT2D eigenvalue weighted by Crippen LogP contribution is 2.06. The number of benzene rings is 1. The van der Waals surface area contributed by atoms with E-state index in [0.717, 1.165) is 5.56 Å². The van der Waals surface area contributed by atoms with Crippen LogP contribution in [-0.2, 0) is 32.0 Å². The third-order valence-corrected chi connectivity index (χ3v) is 4.95. The van der Waals surface area contributed by atoms with Crippen molar-refractivity contribution in [2.45, 2.75) is 59.0 Å². The van der Waals surface area contributed by atoms with Crippen molar-refractivity contribution in [1.82, 2.24) is 15.6 Å². The van der Waals surface area contributed by atoms with Gasteiger partial charge < -0.3 is 22.1 Å². The van der Waals surface area contributed by atoms with E-state index in [-0.39, 0.29) is 30.6 Å². The summed E-state index contributed by atoms with van der Waals surface area (Å²) in [5.41, 5.74) is 12.1. The average molecular weight is 484 g/mol. The van der Waals surface area contributed by atoms with Crippen LogP contribution in [0.15, 0.2) is 54.7 Å². The molecule has 2 unspecified atom stereocenters. The molecule has 1 aromatic heterocycles. The molecule has 1 heterocycles. The van der Waals surface area contributed by atoms with Gasteiger partial charge in [-0.1, -0.05) is 64.1 Å². The minimum atomic E-state index is -0.633. The van der Waals surface area contributed by atoms with Crippen molar-refractivity contribution in [1.29, 1.82) is 0 Å². The fourth-order valence-electron chi connectivity index (χ4n) is 3.20. The summed E-state index contributed by atoms with van der Waals surface area (Å²) in [7, 11) is 0. The van der Waals surface area contributed by atoms with Crippen LogP contribution in [0.4, 0.5) is 0 Å². The van der Waals surface area contributed by atoms with Crippen molar-refractivity contribution in [3.05, 3.63) is 66.0 Å². The number of hydrogen-bond donors (Lipinski definition) is 4. The number of nitrogens with one attached hydrogen (secondary N) is 2. The average Bonchev–Trinajstić information content (AvgIpc) is 2.78. The summed E-state index contributed by atoms with van der Waals surface area (Å²) in [6.07, 6.45) is 2.60. The summed E-state index contributed by atoms with van der Waals surface area (Å²) in [5, 5.41) is 5.29. The highest BCUT2D eigenvalue weighted by molar-refractivity contribution is 5.88. The van der Waals surface area contributed by atoms with Gasteiger partial charge in [0.15, 0.2) is 0 Å². The number of primary amides is 2. The van der Waals surface area contributed by atoms with Gasteiger partial charge in [-0.15, -0.1) is 0 Å². The lowest BCUT2D eigenvalue weighted by Crippen LogP contribution is -2.48. The molecular formula is C26H37N5O4. The summed E-state index contributed by atoms with van der Waals surface area (Å²) < 4.78 is 0. The van der Waals surface area contributed by atoms with Gasteiger partial charge in [0.1, 0.15) is 12.1 Å². The van der Waals surface area contributed by atoms with E-state index >= 15 is 0 Å². The first-order chi connectivity index (χ1) is 16.5. The van der Waals surface area contributed by atoms with Crippen LogP contribution in [0.3, 0.4) is 0 Å². The first kappa shape index (κ1) is 29.3. The Morgan fingerprint density at radius 1 is 0.800 bits per heavy atom. The second-order valence-corrected chi connectivity index (χ2v) is 9.00. The number of amides is 4. The molecule has 0 aliphatic heterocycles. The van der Waals surface area contributed by atoms with Crippen molar-refractivity contribution in [3.8, 4) is 0 Å². The van der Waals surface area contributed by atoms with E-state index in [1.807, 2.05) is 64.1 Å². The van der Waals surface area contributed by atoms with Gasteiger partial charge in [-0.2, -0.15) is 0 Å². The van der Waals surface area contributed by atoms with Crippen LogP contribution in [0.1, 0.15) is 45.4 Å². The van der Waals surface area contributed by atoms with E-state index in [2.05, 4.69) is 15.6 Å². The van der Waals surface area contributed by atoms with Crippen LogP contribution < -0.4 is 22.1 Å². The molecule has 2 aromatic rings. The molecule has 0 aliphatic rings. The molecule has 0 radical (unpaired) electrons. The summed E-state index contributed by atoms with van der Waals surface area (Å²) in [5.74, 6) is -1.15. The van der Waals surface area contributed by atoms with Gasteiger partial charge in [0.2, 0.25) is 23.6 Å². The molecule has 0 spiro atoms.